The van der Waals surface area contributed by atoms with E-state index in [1.165, 1.54) is 28.2 Å². The van der Waals surface area contributed by atoms with Crippen LogP contribution in [0.5, 0.6) is 0 Å². The molecule has 0 unspecified atom stereocenters. The van der Waals surface area contributed by atoms with E-state index in [1.807, 2.05) is 6.07 Å². The summed E-state index contributed by atoms with van der Waals surface area (Å²) in [5, 5.41) is 0. The van der Waals surface area contributed by atoms with Gasteiger partial charge >= 0.3 is 0 Å². The van der Waals surface area contributed by atoms with E-state index >= 15 is 0 Å². The van der Waals surface area contributed by atoms with Crippen molar-refractivity contribution in [2.24, 2.45) is 0 Å². The molecule has 0 aliphatic carbocycles. The number of nitrogens with zero attached hydrogens (tertiary/aromatic N) is 1. The van der Waals surface area contributed by atoms with E-state index in [1.54, 1.807) is 0 Å². The summed E-state index contributed by atoms with van der Waals surface area (Å²) >= 11 is 2.39. The second-order valence-electron chi connectivity index (χ2n) is 6.68. The van der Waals surface area contributed by atoms with Gasteiger partial charge in [-0.05, 0) is 58.5 Å². The standard InChI is InChI=1S/C21H19IN2/c1-21(2)15-10-6-7-11-17(15)24(14-8-4-3-5-9-14)18-13-12-16(23)20(22)19(18)21/h3-13H,23H2,1-2H3. The molecule has 24 heavy (non-hydrogen) atoms. The SMILES string of the molecule is CC1(C)c2ccccc2N(c2ccccc2)c2ccc(N)c(I)c21. The lowest BCUT2D eigenvalue weighted by Crippen LogP contribution is -2.31. The van der Waals surface area contributed by atoms with Crippen molar-refractivity contribution in [2.75, 3.05) is 10.6 Å². The van der Waals surface area contributed by atoms with E-state index in [0.717, 1.165) is 9.26 Å². The molecule has 3 aromatic carbocycles. The van der Waals surface area contributed by atoms with Gasteiger partial charge in [-0.2, -0.15) is 0 Å². The van der Waals surface area contributed by atoms with Gasteiger partial charge in [0.25, 0.3) is 0 Å². The van der Waals surface area contributed by atoms with E-state index in [-0.39, 0.29) is 5.41 Å². The molecule has 0 amide bonds. The van der Waals surface area contributed by atoms with Crippen molar-refractivity contribution in [1.82, 2.24) is 0 Å². The molecule has 0 spiro atoms. The molecule has 0 aromatic heterocycles. The zero-order chi connectivity index (χ0) is 16.9. The number of nitrogens with two attached hydrogens (primary N) is 1. The topological polar surface area (TPSA) is 29.3 Å². The van der Waals surface area contributed by atoms with Crippen LogP contribution in [-0.4, -0.2) is 0 Å². The first-order chi connectivity index (χ1) is 11.5. The predicted octanol–water partition coefficient (Wildman–Crippen LogP) is 5.98. The van der Waals surface area contributed by atoms with Crippen molar-refractivity contribution in [1.29, 1.82) is 0 Å². The van der Waals surface area contributed by atoms with Crippen molar-refractivity contribution in [2.45, 2.75) is 19.3 Å². The van der Waals surface area contributed by atoms with Crippen LogP contribution in [0.25, 0.3) is 0 Å². The van der Waals surface area contributed by atoms with Crippen molar-refractivity contribution >= 4 is 45.3 Å². The highest BCUT2D eigenvalue weighted by Gasteiger charge is 2.38. The average Bonchev–Trinajstić information content (AvgIpc) is 2.59. The largest absolute Gasteiger partial charge is 0.398 e. The van der Waals surface area contributed by atoms with Gasteiger partial charge in [-0.1, -0.05) is 50.2 Å². The van der Waals surface area contributed by atoms with Gasteiger partial charge in [-0.15, -0.1) is 0 Å². The van der Waals surface area contributed by atoms with Crippen LogP contribution in [0.4, 0.5) is 22.7 Å². The molecule has 1 aliphatic heterocycles. The Labute approximate surface area is 156 Å². The lowest BCUT2D eigenvalue weighted by atomic mass is 9.73. The van der Waals surface area contributed by atoms with E-state index in [9.17, 15) is 0 Å². The summed E-state index contributed by atoms with van der Waals surface area (Å²) in [6, 6.07) is 23.4. The van der Waals surface area contributed by atoms with Gasteiger partial charge in [0.15, 0.2) is 0 Å². The molecule has 0 atom stereocenters. The average molecular weight is 426 g/mol. The van der Waals surface area contributed by atoms with E-state index < -0.39 is 0 Å². The number of rotatable bonds is 1. The number of hydrogen-bond acceptors (Lipinski definition) is 2. The van der Waals surface area contributed by atoms with Crippen LogP contribution in [-0.2, 0) is 5.41 Å². The van der Waals surface area contributed by atoms with Gasteiger partial charge in [0, 0.05) is 25.9 Å². The zero-order valence-corrected chi connectivity index (χ0v) is 15.9. The van der Waals surface area contributed by atoms with Crippen LogP contribution in [0.3, 0.4) is 0 Å². The summed E-state index contributed by atoms with van der Waals surface area (Å²) in [7, 11) is 0. The predicted molar refractivity (Wildman–Crippen MR) is 110 cm³/mol. The quantitative estimate of drug-likeness (QED) is 0.383. The third kappa shape index (κ3) is 2.14. The second-order valence-corrected chi connectivity index (χ2v) is 7.75. The molecule has 0 saturated carbocycles. The Morgan fingerprint density at radius 3 is 2.25 bits per heavy atom. The first kappa shape index (κ1) is 15.5. The first-order valence-electron chi connectivity index (χ1n) is 8.05. The minimum atomic E-state index is -0.0941. The molecule has 2 N–H and O–H groups in total. The zero-order valence-electron chi connectivity index (χ0n) is 13.8. The number of fused-ring (bicyclic) bond motifs is 2. The number of nitrogen functional groups attached to an aromatic ring is 1. The maximum Gasteiger partial charge on any atom is 0.0514 e. The van der Waals surface area contributed by atoms with Crippen LogP contribution < -0.4 is 10.6 Å². The van der Waals surface area contributed by atoms with Crippen molar-refractivity contribution < 1.29 is 0 Å². The first-order valence-corrected chi connectivity index (χ1v) is 9.13. The molecule has 1 aliphatic rings. The summed E-state index contributed by atoms with van der Waals surface area (Å²) in [5.41, 5.74) is 13.2. The Hall–Kier alpha value is -2.01. The Morgan fingerprint density at radius 1 is 0.833 bits per heavy atom. The fourth-order valence-corrected chi connectivity index (χ4v) is 4.81. The summed E-state index contributed by atoms with van der Waals surface area (Å²) < 4.78 is 1.14. The number of para-hydroxylation sites is 2. The molecule has 3 heteroatoms. The minimum Gasteiger partial charge on any atom is -0.398 e. The number of anilines is 4. The molecule has 4 rings (SSSR count). The lowest BCUT2D eigenvalue weighted by Gasteiger charge is -2.42. The molecular weight excluding hydrogens is 407 g/mol. The smallest absolute Gasteiger partial charge is 0.0514 e. The molecule has 0 saturated heterocycles. The van der Waals surface area contributed by atoms with Gasteiger partial charge in [-0.3, -0.25) is 0 Å². The normalized spacial score (nSPS) is 14.9. The summed E-state index contributed by atoms with van der Waals surface area (Å²) in [6.07, 6.45) is 0. The molecular formula is C21H19IN2. The van der Waals surface area contributed by atoms with Gasteiger partial charge in [0.05, 0.1) is 11.4 Å². The Bertz CT molecular complexity index is 916. The van der Waals surface area contributed by atoms with Crippen LogP contribution in [0.15, 0.2) is 66.7 Å². The maximum atomic E-state index is 6.24. The van der Waals surface area contributed by atoms with Gasteiger partial charge in [0.1, 0.15) is 0 Å². The number of hydrogen-bond donors (Lipinski definition) is 1. The van der Waals surface area contributed by atoms with Crippen molar-refractivity contribution in [3.8, 4) is 0 Å². The number of halogens is 1. The minimum absolute atomic E-state index is 0.0941. The fraction of sp³-hybridized carbons (Fsp3) is 0.143. The number of benzene rings is 3. The van der Waals surface area contributed by atoms with Crippen molar-refractivity contribution in [3.05, 3.63) is 81.4 Å². The summed E-state index contributed by atoms with van der Waals surface area (Å²) in [4.78, 5) is 2.34. The van der Waals surface area contributed by atoms with E-state index in [0.29, 0.717) is 0 Å². The fourth-order valence-electron chi connectivity index (χ4n) is 3.68. The monoisotopic (exact) mass is 426 g/mol. The molecule has 0 fully saturated rings. The highest BCUT2D eigenvalue weighted by molar-refractivity contribution is 14.1. The molecule has 1 heterocycles. The Morgan fingerprint density at radius 2 is 1.50 bits per heavy atom. The maximum absolute atomic E-state index is 6.24. The van der Waals surface area contributed by atoms with E-state index in [4.69, 9.17) is 5.73 Å². The Balaban J connectivity index is 2.10. The molecule has 0 bridgehead atoms. The van der Waals surface area contributed by atoms with Gasteiger partial charge in [-0.25, -0.2) is 0 Å². The molecule has 120 valence electrons. The van der Waals surface area contributed by atoms with Gasteiger partial charge in [0.2, 0.25) is 0 Å². The molecule has 3 aromatic rings. The van der Waals surface area contributed by atoms with Gasteiger partial charge < -0.3 is 10.6 Å². The lowest BCUT2D eigenvalue weighted by molar-refractivity contribution is 0.628. The van der Waals surface area contributed by atoms with E-state index in [2.05, 4.69) is 102 Å². The highest BCUT2D eigenvalue weighted by Crippen LogP contribution is 2.53. The summed E-state index contributed by atoms with van der Waals surface area (Å²) in [6.45, 7) is 4.57. The van der Waals surface area contributed by atoms with Crippen LogP contribution in [0.1, 0.15) is 25.0 Å². The van der Waals surface area contributed by atoms with Crippen LogP contribution in [0.2, 0.25) is 0 Å². The van der Waals surface area contributed by atoms with Crippen LogP contribution >= 0.6 is 22.6 Å². The summed E-state index contributed by atoms with van der Waals surface area (Å²) in [5.74, 6) is 0. The third-order valence-corrected chi connectivity index (χ3v) is 6.01. The highest BCUT2D eigenvalue weighted by atomic mass is 127. The van der Waals surface area contributed by atoms with Crippen LogP contribution in [0, 0.1) is 3.57 Å². The molecule has 0 radical (unpaired) electrons. The Kier molecular flexibility index (Phi) is 3.57. The third-order valence-electron chi connectivity index (χ3n) is 4.85. The second kappa shape index (κ2) is 5.52. The van der Waals surface area contributed by atoms with Crippen molar-refractivity contribution in [3.63, 3.8) is 0 Å². The molecule has 2 nitrogen and oxygen atoms in total.